The van der Waals surface area contributed by atoms with Crippen LogP contribution in [0.2, 0.25) is 0 Å². The quantitative estimate of drug-likeness (QED) is 0.458. The first-order chi connectivity index (χ1) is 12.4. The Morgan fingerprint density at radius 3 is 2.04 bits per heavy atom. The van der Waals surface area contributed by atoms with Crippen LogP contribution in [0.1, 0.15) is 31.1 Å². The summed E-state index contributed by atoms with van der Waals surface area (Å²) in [6.45, 7) is 4.54. The van der Waals surface area contributed by atoms with Crippen molar-refractivity contribution < 1.29 is 33.4 Å². The number of esters is 3. The van der Waals surface area contributed by atoms with Gasteiger partial charge in [0.15, 0.2) is 11.7 Å². The molecule has 8 heteroatoms. The van der Waals surface area contributed by atoms with Crippen LogP contribution in [0.25, 0.3) is 0 Å². The van der Waals surface area contributed by atoms with Gasteiger partial charge in [-0.3, -0.25) is 9.59 Å². The van der Waals surface area contributed by atoms with Gasteiger partial charge in [-0.1, -0.05) is 12.1 Å². The van der Waals surface area contributed by atoms with Crippen LogP contribution >= 0.6 is 0 Å². The number of carbonyl (C=O) groups is 4. The van der Waals surface area contributed by atoms with Crippen LogP contribution in [0.4, 0.5) is 5.69 Å². The third-order valence-electron chi connectivity index (χ3n) is 3.94. The summed E-state index contributed by atoms with van der Waals surface area (Å²) in [5.41, 5.74) is -1.93. The monoisotopic (exact) mass is 363 g/mol. The fourth-order valence-corrected chi connectivity index (χ4v) is 2.86. The average Bonchev–Trinajstić information content (AvgIpc) is 2.61. The van der Waals surface area contributed by atoms with Crippen LogP contribution in [0.15, 0.2) is 24.3 Å². The second-order valence-corrected chi connectivity index (χ2v) is 5.47. The number of ketones is 1. The van der Waals surface area contributed by atoms with Crippen molar-refractivity contribution in [2.24, 2.45) is 5.92 Å². The van der Waals surface area contributed by atoms with Crippen molar-refractivity contribution in [2.75, 3.05) is 25.1 Å². The summed E-state index contributed by atoms with van der Waals surface area (Å²) in [6, 6.07) is 6.27. The number of hydrogen-bond acceptors (Lipinski definition) is 8. The number of anilines is 1. The zero-order chi connectivity index (χ0) is 19.3. The van der Waals surface area contributed by atoms with Gasteiger partial charge in [-0.2, -0.15) is 0 Å². The van der Waals surface area contributed by atoms with Gasteiger partial charge in [0.25, 0.3) is 5.54 Å². The number of para-hydroxylation sites is 1. The van der Waals surface area contributed by atoms with Gasteiger partial charge >= 0.3 is 17.9 Å². The van der Waals surface area contributed by atoms with E-state index in [1.165, 1.54) is 12.1 Å². The maximum Gasteiger partial charge on any atom is 0.345 e. The molecule has 0 saturated carbocycles. The largest absolute Gasteiger partial charge is 0.465 e. The lowest BCUT2D eigenvalue weighted by Gasteiger charge is -2.39. The first-order valence-corrected chi connectivity index (χ1v) is 8.36. The Hall–Kier alpha value is -2.90. The zero-order valence-corrected chi connectivity index (χ0v) is 14.9. The Morgan fingerprint density at radius 1 is 0.962 bits per heavy atom. The predicted molar refractivity (Wildman–Crippen MR) is 90.5 cm³/mol. The lowest BCUT2D eigenvalue weighted by Crippen LogP contribution is -2.66. The molecule has 1 aliphatic heterocycles. The van der Waals surface area contributed by atoms with Crippen molar-refractivity contribution in [2.45, 2.75) is 26.3 Å². The Morgan fingerprint density at radius 2 is 1.50 bits per heavy atom. The summed E-state index contributed by atoms with van der Waals surface area (Å²) in [5.74, 6) is -5.60. The molecule has 1 aliphatic rings. The highest BCUT2D eigenvalue weighted by Gasteiger charge is 2.64. The highest BCUT2D eigenvalue weighted by Crippen LogP contribution is 2.38. The molecule has 0 spiro atoms. The molecule has 0 saturated heterocycles. The third kappa shape index (κ3) is 3.14. The molecular weight excluding hydrogens is 342 g/mol. The van der Waals surface area contributed by atoms with E-state index in [9.17, 15) is 19.2 Å². The molecule has 0 aliphatic carbocycles. The molecule has 140 valence electrons. The second-order valence-electron chi connectivity index (χ2n) is 5.47. The molecule has 1 aromatic rings. The summed E-state index contributed by atoms with van der Waals surface area (Å²) < 4.78 is 15.0. The highest BCUT2D eigenvalue weighted by molar-refractivity contribution is 6.25. The Balaban J connectivity index is 2.70. The van der Waals surface area contributed by atoms with Crippen LogP contribution in [0.3, 0.4) is 0 Å². The summed E-state index contributed by atoms with van der Waals surface area (Å²) >= 11 is 0. The normalized spacial score (nSPS) is 17.5. The molecule has 1 unspecified atom stereocenters. The van der Waals surface area contributed by atoms with Gasteiger partial charge in [-0.15, -0.1) is 0 Å². The molecular formula is C18H21NO7. The van der Waals surface area contributed by atoms with Crippen LogP contribution in [-0.4, -0.2) is 49.1 Å². The molecule has 1 aromatic carbocycles. The number of carbonyl (C=O) groups excluding carboxylic acids is 4. The first kappa shape index (κ1) is 19.4. The maximum atomic E-state index is 13.0. The standard InChI is InChI=1S/C18H21NO7/c1-4-24-15(21)13-14(20)11-9-7-8-10-12(11)19-18(13,16(22)25-5-2)17(23)26-6-3/h7-10,13,19H,4-6H2,1-3H3. The number of benzene rings is 1. The number of Topliss-reactive ketones (excluding diaryl/α,β-unsaturated/α-hetero) is 1. The molecule has 1 atom stereocenters. The van der Waals surface area contributed by atoms with E-state index in [0.717, 1.165) is 0 Å². The van der Waals surface area contributed by atoms with E-state index in [-0.39, 0.29) is 31.1 Å². The van der Waals surface area contributed by atoms with Crippen LogP contribution < -0.4 is 5.32 Å². The molecule has 0 radical (unpaired) electrons. The van der Waals surface area contributed by atoms with Gasteiger partial charge in [0.1, 0.15) is 0 Å². The second kappa shape index (κ2) is 7.99. The van der Waals surface area contributed by atoms with Crippen molar-refractivity contribution in [3.05, 3.63) is 29.8 Å². The number of hydrogen-bond donors (Lipinski definition) is 1. The van der Waals surface area contributed by atoms with E-state index in [1.807, 2.05) is 0 Å². The van der Waals surface area contributed by atoms with E-state index in [1.54, 1.807) is 32.9 Å². The van der Waals surface area contributed by atoms with E-state index in [2.05, 4.69) is 5.32 Å². The summed E-state index contributed by atoms with van der Waals surface area (Å²) in [6.07, 6.45) is 0. The Bertz CT molecular complexity index is 710. The predicted octanol–water partition coefficient (Wildman–Crippen LogP) is 1.34. The Labute approximate surface area is 150 Å². The van der Waals surface area contributed by atoms with Gasteiger partial charge in [-0.25, -0.2) is 9.59 Å². The van der Waals surface area contributed by atoms with Gasteiger partial charge < -0.3 is 19.5 Å². The van der Waals surface area contributed by atoms with Crippen molar-refractivity contribution in [3.8, 4) is 0 Å². The van der Waals surface area contributed by atoms with E-state index < -0.39 is 35.1 Å². The van der Waals surface area contributed by atoms with Crippen molar-refractivity contribution in [1.29, 1.82) is 0 Å². The average molecular weight is 363 g/mol. The van der Waals surface area contributed by atoms with Gasteiger partial charge in [-0.05, 0) is 32.9 Å². The Kier molecular flexibility index (Phi) is 5.97. The molecule has 0 amide bonds. The van der Waals surface area contributed by atoms with Gasteiger partial charge in [0, 0.05) is 11.3 Å². The van der Waals surface area contributed by atoms with E-state index >= 15 is 0 Å². The van der Waals surface area contributed by atoms with Gasteiger partial charge in [0.2, 0.25) is 0 Å². The fraction of sp³-hybridized carbons (Fsp3) is 0.444. The van der Waals surface area contributed by atoms with Crippen molar-refractivity contribution in [1.82, 2.24) is 0 Å². The fourth-order valence-electron chi connectivity index (χ4n) is 2.86. The van der Waals surface area contributed by atoms with E-state index in [0.29, 0.717) is 0 Å². The zero-order valence-electron chi connectivity index (χ0n) is 14.9. The summed E-state index contributed by atoms with van der Waals surface area (Å²) in [7, 11) is 0. The number of fused-ring (bicyclic) bond motifs is 1. The third-order valence-corrected chi connectivity index (χ3v) is 3.94. The molecule has 8 nitrogen and oxygen atoms in total. The molecule has 1 heterocycles. The van der Waals surface area contributed by atoms with E-state index in [4.69, 9.17) is 14.2 Å². The van der Waals surface area contributed by atoms with Crippen molar-refractivity contribution >= 4 is 29.4 Å². The minimum Gasteiger partial charge on any atom is -0.465 e. The summed E-state index contributed by atoms with van der Waals surface area (Å²) in [5, 5.41) is 2.73. The number of rotatable bonds is 6. The van der Waals surface area contributed by atoms with Gasteiger partial charge in [0.05, 0.1) is 19.8 Å². The molecule has 26 heavy (non-hydrogen) atoms. The first-order valence-electron chi connectivity index (χ1n) is 8.36. The minimum absolute atomic E-state index is 0.0218. The topological polar surface area (TPSA) is 108 Å². The number of nitrogens with one attached hydrogen (secondary N) is 1. The summed E-state index contributed by atoms with van der Waals surface area (Å²) in [4.78, 5) is 51.1. The van der Waals surface area contributed by atoms with Crippen LogP contribution in [0.5, 0.6) is 0 Å². The lowest BCUT2D eigenvalue weighted by molar-refractivity contribution is -0.170. The molecule has 0 aromatic heterocycles. The molecule has 0 fully saturated rings. The number of ether oxygens (including phenoxy) is 3. The smallest absolute Gasteiger partial charge is 0.345 e. The lowest BCUT2D eigenvalue weighted by atomic mass is 9.75. The highest BCUT2D eigenvalue weighted by atomic mass is 16.6. The molecule has 2 rings (SSSR count). The maximum absolute atomic E-state index is 13.0. The van der Waals surface area contributed by atoms with Crippen molar-refractivity contribution in [3.63, 3.8) is 0 Å². The van der Waals surface area contributed by atoms with Crippen LogP contribution in [0, 0.1) is 5.92 Å². The SMILES string of the molecule is CCOC(=O)C1C(=O)c2ccccc2NC1(C(=O)OCC)C(=O)OCC. The molecule has 0 bridgehead atoms. The van der Waals surface area contributed by atoms with Crippen LogP contribution in [-0.2, 0) is 28.6 Å². The molecule has 1 N–H and O–H groups in total. The minimum atomic E-state index is -2.34.